The second-order valence-corrected chi connectivity index (χ2v) is 8.84. The fourth-order valence-corrected chi connectivity index (χ4v) is 4.83. The van der Waals surface area contributed by atoms with Crippen LogP contribution in [0.2, 0.25) is 0 Å². The Hall–Kier alpha value is -1.44. The number of rotatable bonds is 5. The van der Waals surface area contributed by atoms with Crippen molar-refractivity contribution < 1.29 is 13.2 Å². The first-order valence-electron chi connectivity index (χ1n) is 8.26. The molecule has 0 aliphatic carbocycles. The van der Waals surface area contributed by atoms with Gasteiger partial charge in [-0.05, 0) is 36.0 Å². The second kappa shape index (κ2) is 7.63. The number of nitrogens with one attached hydrogen (secondary N) is 1. The molecule has 1 aliphatic rings. The van der Waals surface area contributed by atoms with Gasteiger partial charge in [0.05, 0.1) is 0 Å². The standard InChI is InChI=1S/C17H27N3O3S/c1-13-9-14(2)11-20(10-13)24(22,23)19(4)12-15-5-7-16(8-6-15)17(21)18-3/h5-8,13-14H,9-12H2,1-4H3,(H,18,21). The van der Waals surface area contributed by atoms with Crippen LogP contribution in [0, 0.1) is 11.8 Å². The van der Waals surface area contributed by atoms with E-state index in [0.29, 0.717) is 30.5 Å². The molecular formula is C17H27N3O3S. The fraction of sp³-hybridized carbons (Fsp3) is 0.588. The van der Waals surface area contributed by atoms with E-state index in [4.69, 9.17) is 0 Å². The molecule has 2 unspecified atom stereocenters. The summed E-state index contributed by atoms with van der Waals surface area (Å²) in [7, 11) is -0.286. The highest BCUT2D eigenvalue weighted by Crippen LogP contribution is 2.24. The first-order chi connectivity index (χ1) is 11.2. The molecule has 134 valence electrons. The van der Waals surface area contributed by atoms with E-state index in [9.17, 15) is 13.2 Å². The third kappa shape index (κ3) is 4.34. The maximum absolute atomic E-state index is 12.8. The van der Waals surface area contributed by atoms with Crippen LogP contribution in [0.25, 0.3) is 0 Å². The van der Waals surface area contributed by atoms with E-state index in [1.807, 2.05) is 0 Å². The minimum Gasteiger partial charge on any atom is -0.355 e. The molecule has 1 aromatic carbocycles. The van der Waals surface area contributed by atoms with Crippen LogP contribution in [-0.2, 0) is 16.8 Å². The lowest BCUT2D eigenvalue weighted by Crippen LogP contribution is -2.48. The third-order valence-corrected chi connectivity index (χ3v) is 6.27. The SMILES string of the molecule is CNC(=O)c1ccc(CN(C)S(=O)(=O)N2CC(C)CC(C)C2)cc1. The summed E-state index contributed by atoms with van der Waals surface area (Å²) in [4.78, 5) is 11.6. The predicted molar refractivity (Wildman–Crippen MR) is 94.7 cm³/mol. The predicted octanol–water partition coefficient (Wildman–Crippen LogP) is 1.70. The van der Waals surface area contributed by atoms with Crippen molar-refractivity contribution in [1.29, 1.82) is 0 Å². The summed E-state index contributed by atoms with van der Waals surface area (Å²) in [5.41, 5.74) is 1.41. The number of benzene rings is 1. The molecule has 1 N–H and O–H groups in total. The average molecular weight is 353 g/mol. The van der Waals surface area contributed by atoms with Gasteiger partial charge in [-0.3, -0.25) is 4.79 Å². The number of carbonyl (C=O) groups is 1. The van der Waals surface area contributed by atoms with Crippen molar-refractivity contribution in [2.75, 3.05) is 27.2 Å². The van der Waals surface area contributed by atoms with Gasteiger partial charge in [0.15, 0.2) is 0 Å². The molecule has 0 bridgehead atoms. The molecule has 1 aliphatic heterocycles. The number of carbonyl (C=O) groups excluding carboxylic acids is 1. The quantitative estimate of drug-likeness (QED) is 0.876. The summed E-state index contributed by atoms with van der Waals surface area (Å²) in [6.07, 6.45) is 1.07. The van der Waals surface area contributed by atoms with E-state index < -0.39 is 10.2 Å². The van der Waals surface area contributed by atoms with Gasteiger partial charge < -0.3 is 5.32 Å². The van der Waals surface area contributed by atoms with Gasteiger partial charge in [0, 0.05) is 39.3 Å². The van der Waals surface area contributed by atoms with Crippen molar-refractivity contribution >= 4 is 16.1 Å². The molecule has 0 radical (unpaired) electrons. The zero-order chi connectivity index (χ0) is 17.9. The molecule has 1 amide bonds. The van der Waals surface area contributed by atoms with E-state index >= 15 is 0 Å². The lowest BCUT2D eigenvalue weighted by Gasteiger charge is -2.36. The fourth-order valence-electron chi connectivity index (χ4n) is 3.24. The molecule has 2 rings (SSSR count). The number of piperidine rings is 1. The molecule has 24 heavy (non-hydrogen) atoms. The Morgan fingerprint density at radius 1 is 1.21 bits per heavy atom. The molecule has 0 aromatic heterocycles. The van der Waals surface area contributed by atoms with Crippen molar-refractivity contribution in [3.8, 4) is 0 Å². The number of hydrogen-bond donors (Lipinski definition) is 1. The summed E-state index contributed by atoms with van der Waals surface area (Å²) < 4.78 is 28.6. The summed E-state index contributed by atoms with van der Waals surface area (Å²) >= 11 is 0. The van der Waals surface area contributed by atoms with Crippen molar-refractivity contribution in [2.24, 2.45) is 11.8 Å². The second-order valence-electron chi connectivity index (χ2n) is 6.80. The lowest BCUT2D eigenvalue weighted by molar-refractivity contribution is 0.0963. The Kier molecular flexibility index (Phi) is 6.01. The van der Waals surface area contributed by atoms with Gasteiger partial charge in [-0.2, -0.15) is 17.0 Å². The largest absolute Gasteiger partial charge is 0.355 e. The lowest BCUT2D eigenvalue weighted by atomic mass is 9.94. The van der Waals surface area contributed by atoms with Crippen LogP contribution in [0.3, 0.4) is 0 Å². The maximum Gasteiger partial charge on any atom is 0.282 e. The Balaban J connectivity index is 2.07. The van der Waals surface area contributed by atoms with Crippen LogP contribution in [0.5, 0.6) is 0 Å². The summed E-state index contributed by atoms with van der Waals surface area (Å²) in [6, 6.07) is 7.00. The van der Waals surface area contributed by atoms with Crippen molar-refractivity contribution in [2.45, 2.75) is 26.8 Å². The normalized spacial score (nSPS) is 22.5. The molecule has 1 fully saturated rings. The zero-order valence-corrected chi connectivity index (χ0v) is 15.6. The van der Waals surface area contributed by atoms with E-state index in [1.54, 1.807) is 42.7 Å². The van der Waals surface area contributed by atoms with Crippen molar-refractivity contribution in [1.82, 2.24) is 13.9 Å². The van der Waals surface area contributed by atoms with E-state index in [-0.39, 0.29) is 12.5 Å². The summed E-state index contributed by atoms with van der Waals surface area (Å²) in [6.45, 7) is 5.63. The van der Waals surface area contributed by atoms with Crippen LogP contribution in [0.15, 0.2) is 24.3 Å². The number of hydrogen-bond acceptors (Lipinski definition) is 3. The molecule has 0 saturated carbocycles. The summed E-state index contributed by atoms with van der Waals surface area (Å²) in [5, 5.41) is 2.57. The van der Waals surface area contributed by atoms with Gasteiger partial charge in [0.2, 0.25) is 0 Å². The first kappa shape index (κ1) is 18.9. The highest BCUT2D eigenvalue weighted by molar-refractivity contribution is 7.86. The first-order valence-corrected chi connectivity index (χ1v) is 9.66. The zero-order valence-electron chi connectivity index (χ0n) is 14.8. The minimum absolute atomic E-state index is 0.154. The maximum atomic E-state index is 12.8. The van der Waals surface area contributed by atoms with Crippen molar-refractivity contribution in [3.05, 3.63) is 35.4 Å². The molecule has 0 spiro atoms. The van der Waals surface area contributed by atoms with E-state index in [1.165, 1.54) is 4.31 Å². The number of nitrogens with zero attached hydrogens (tertiary/aromatic N) is 2. The van der Waals surface area contributed by atoms with Crippen LogP contribution in [-0.4, -0.2) is 50.1 Å². The topological polar surface area (TPSA) is 69.7 Å². The highest BCUT2D eigenvalue weighted by atomic mass is 32.2. The Labute approximate surface area is 145 Å². The van der Waals surface area contributed by atoms with Gasteiger partial charge in [0.1, 0.15) is 0 Å². The molecule has 1 aromatic rings. The van der Waals surface area contributed by atoms with E-state index in [2.05, 4.69) is 19.2 Å². The Bertz CT molecular complexity index is 663. The molecule has 7 heteroatoms. The molecular weight excluding hydrogens is 326 g/mol. The van der Waals surface area contributed by atoms with Gasteiger partial charge in [-0.1, -0.05) is 26.0 Å². The third-order valence-electron chi connectivity index (χ3n) is 4.40. The summed E-state index contributed by atoms with van der Waals surface area (Å²) in [5.74, 6) is 0.603. The molecule has 1 saturated heterocycles. The van der Waals surface area contributed by atoms with Crippen LogP contribution < -0.4 is 5.32 Å². The van der Waals surface area contributed by atoms with Gasteiger partial charge in [-0.15, -0.1) is 0 Å². The Morgan fingerprint density at radius 3 is 2.25 bits per heavy atom. The number of amides is 1. The van der Waals surface area contributed by atoms with Crippen molar-refractivity contribution in [3.63, 3.8) is 0 Å². The van der Waals surface area contributed by atoms with Crippen LogP contribution in [0.1, 0.15) is 36.2 Å². The van der Waals surface area contributed by atoms with Gasteiger partial charge in [-0.25, -0.2) is 0 Å². The minimum atomic E-state index is -3.47. The van der Waals surface area contributed by atoms with Gasteiger partial charge in [0.25, 0.3) is 16.1 Å². The molecule has 2 atom stereocenters. The monoisotopic (exact) mass is 353 g/mol. The van der Waals surface area contributed by atoms with Crippen LogP contribution >= 0.6 is 0 Å². The van der Waals surface area contributed by atoms with Crippen LogP contribution in [0.4, 0.5) is 0 Å². The Morgan fingerprint density at radius 2 is 1.75 bits per heavy atom. The molecule has 6 nitrogen and oxygen atoms in total. The highest BCUT2D eigenvalue weighted by Gasteiger charge is 2.33. The average Bonchev–Trinajstić information content (AvgIpc) is 2.53. The van der Waals surface area contributed by atoms with Gasteiger partial charge >= 0.3 is 0 Å². The molecule has 1 heterocycles. The smallest absolute Gasteiger partial charge is 0.282 e. The van der Waals surface area contributed by atoms with E-state index in [0.717, 1.165) is 12.0 Å².